The van der Waals surface area contributed by atoms with Crippen molar-refractivity contribution in [2.45, 2.75) is 24.9 Å². The number of nitrogens with two attached hydrogens (primary N) is 1. The summed E-state index contributed by atoms with van der Waals surface area (Å²) in [7, 11) is 0. The van der Waals surface area contributed by atoms with Crippen molar-refractivity contribution in [3.8, 4) is 0 Å². The zero-order valence-corrected chi connectivity index (χ0v) is 16.1. The highest BCUT2D eigenvalue weighted by atomic mass is 19.3. The molecule has 3 aromatic rings. The minimum Gasteiger partial charge on any atom is -0.366 e. The molecule has 0 spiro atoms. The van der Waals surface area contributed by atoms with Gasteiger partial charge in [-0.1, -0.05) is 60.7 Å². The van der Waals surface area contributed by atoms with Crippen LogP contribution in [0.4, 0.5) is 8.78 Å². The predicted octanol–water partition coefficient (Wildman–Crippen LogP) is 4.66. The van der Waals surface area contributed by atoms with E-state index in [1.807, 2.05) is 0 Å². The summed E-state index contributed by atoms with van der Waals surface area (Å²) in [6, 6.07) is 20.6. The van der Waals surface area contributed by atoms with Crippen LogP contribution in [0.15, 0.2) is 78.9 Å². The first-order valence-corrected chi connectivity index (χ1v) is 9.59. The number of nitrogens with zero attached hydrogens (tertiary/aromatic N) is 1. The van der Waals surface area contributed by atoms with E-state index in [4.69, 9.17) is 5.73 Å². The number of amides is 2. The van der Waals surface area contributed by atoms with Crippen molar-refractivity contribution in [2.24, 2.45) is 5.73 Å². The molecule has 0 aliphatic heterocycles. The van der Waals surface area contributed by atoms with Gasteiger partial charge in [-0.3, -0.25) is 9.59 Å². The quantitative estimate of drug-likeness (QED) is 0.670. The van der Waals surface area contributed by atoms with E-state index in [0.29, 0.717) is 16.7 Å². The van der Waals surface area contributed by atoms with Gasteiger partial charge in [0.1, 0.15) is 0 Å². The van der Waals surface area contributed by atoms with E-state index >= 15 is 0 Å². The molecule has 0 saturated heterocycles. The predicted molar refractivity (Wildman–Crippen MR) is 109 cm³/mol. The Morgan fingerprint density at radius 3 is 2.30 bits per heavy atom. The third-order valence-corrected chi connectivity index (χ3v) is 5.44. The Bertz CT molecular complexity index is 1100. The highest BCUT2D eigenvalue weighted by Crippen LogP contribution is 2.50. The first-order chi connectivity index (χ1) is 14.4. The molecule has 3 aromatic carbocycles. The van der Waals surface area contributed by atoms with E-state index < -0.39 is 24.3 Å². The molecule has 4 nitrogen and oxygen atoms in total. The van der Waals surface area contributed by atoms with E-state index in [1.54, 1.807) is 72.8 Å². The maximum atomic E-state index is 14.7. The first-order valence-electron chi connectivity index (χ1n) is 9.59. The summed E-state index contributed by atoms with van der Waals surface area (Å²) >= 11 is 0. The second kappa shape index (κ2) is 7.71. The number of fused-ring (bicyclic) bond motifs is 1. The third-order valence-electron chi connectivity index (χ3n) is 5.44. The number of hydrogen-bond acceptors (Lipinski definition) is 2. The number of primary amides is 1. The van der Waals surface area contributed by atoms with Crippen LogP contribution >= 0.6 is 0 Å². The molecule has 0 radical (unpaired) electrons. The molecular formula is C24H20F2N2O2. The SMILES string of the molecule is NC(=O)c1ccccc1CN(C(=O)c1ccccc1)C1CC(F)(F)c2ccccc21. The van der Waals surface area contributed by atoms with Crippen molar-refractivity contribution in [3.05, 3.63) is 107 Å². The van der Waals surface area contributed by atoms with Gasteiger partial charge in [-0.25, -0.2) is 8.78 Å². The summed E-state index contributed by atoms with van der Waals surface area (Å²) in [4.78, 5) is 26.7. The van der Waals surface area contributed by atoms with Gasteiger partial charge in [0, 0.05) is 29.7 Å². The van der Waals surface area contributed by atoms with E-state index in [-0.39, 0.29) is 23.6 Å². The summed E-state index contributed by atoms with van der Waals surface area (Å²) in [5, 5.41) is 0. The van der Waals surface area contributed by atoms with Crippen molar-refractivity contribution >= 4 is 11.8 Å². The van der Waals surface area contributed by atoms with Crippen LogP contribution in [0.1, 0.15) is 49.9 Å². The van der Waals surface area contributed by atoms with Crippen LogP contribution < -0.4 is 5.73 Å². The topological polar surface area (TPSA) is 63.4 Å². The lowest BCUT2D eigenvalue weighted by molar-refractivity contribution is -0.0199. The largest absolute Gasteiger partial charge is 0.366 e. The molecule has 1 aliphatic rings. The molecule has 2 N–H and O–H groups in total. The average Bonchev–Trinajstić information content (AvgIpc) is 3.03. The second-order valence-corrected chi connectivity index (χ2v) is 7.33. The zero-order valence-electron chi connectivity index (χ0n) is 16.1. The van der Waals surface area contributed by atoms with Gasteiger partial charge in [0.15, 0.2) is 0 Å². The van der Waals surface area contributed by atoms with Crippen LogP contribution in [-0.2, 0) is 12.5 Å². The monoisotopic (exact) mass is 406 g/mol. The van der Waals surface area contributed by atoms with E-state index in [9.17, 15) is 18.4 Å². The molecule has 6 heteroatoms. The molecule has 30 heavy (non-hydrogen) atoms. The fourth-order valence-electron chi connectivity index (χ4n) is 4.01. The molecule has 152 valence electrons. The Morgan fingerprint density at radius 2 is 1.57 bits per heavy atom. The van der Waals surface area contributed by atoms with Gasteiger partial charge in [-0.05, 0) is 29.3 Å². The van der Waals surface area contributed by atoms with Gasteiger partial charge in [0.2, 0.25) is 5.91 Å². The van der Waals surface area contributed by atoms with Crippen LogP contribution in [0.5, 0.6) is 0 Å². The van der Waals surface area contributed by atoms with E-state index in [2.05, 4.69) is 0 Å². The minimum absolute atomic E-state index is 0.0120. The molecule has 0 fully saturated rings. The molecule has 0 bridgehead atoms. The molecule has 4 rings (SSSR count). The van der Waals surface area contributed by atoms with Crippen molar-refractivity contribution in [1.82, 2.24) is 4.90 Å². The fraction of sp³-hybridized carbons (Fsp3) is 0.167. The van der Waals surface area contributed by atoms with Gasteiger partial charge in [-0.2, -0.15) is 0 Å². The lowest BCUT2D eigenvalue weighted by Gasteiger charge is -2.30. The van der Waals surface area contributed by atoms with E-state index in [0.717, 1.165) is 0 Å². The molecule has 0 heterocycles. The van der Waals surface area contributed by atoms with Crippen molar-refractivity contribution in [3.63, 3.8) is 0 Å². The minimum atomic E-state index is -3.04. The molecule has 2 amide bonds. The number of alkyl halides is 2. The van der Waals surface area contributed by atoms with Crippen LogP contribution in [0.2, 0.25) is 0 Å². The van der Waals surface area contributed by atoms with Gasteiger partial charge >= 0.3 is 0 Å². The van der Waals surface area contributed by atoms with E-state index in [1.165, 1.54) is 11.0 Å². The Labute approximate surface area is 172 Å². The van der Waals surface area contributed by atoms with Crippen LogP contribution in [-0.4, -0.2) is 16.7 Å². The van der Waals surface area contributed by atoms with Crippen LogP contribution in [0, 0.1) is 0 Å². The lowest BCUT2D eigenvalue weighted by Crippen LogP contribution is -2.35. The Hall–Kier alpha value is -3.54. The smallest absolute Gasteiger partial charge is 0.275 e. The Morgan fingerprint density at radius 1 is 0.933 bits per heavy atom. The fourth-order valence-corrected chi connectivity index (χ4v) is 4.01. The standard InChI is InChI=1S/C24H20F2N2O2/c25-24(26)14-21(19-12-6-7-13-20(19)24)28(23(30)16-8-2-1-3-9-16)15-17-10-4-5-11-18(17)22(27)29/h1-13,21H,14-15H2,(H2,27,29). The zero-order chi connectivity index (χ0) is 21.3. The van der Waals surface area contributed by atoms with Gasteiger partial charge in [0.05, 0.1) is 6.04 Å². The highest BCUT2D eigenvalue weighted by molar-refractivity contribution is 5.96. The van der Waals surface area contributed by atoms with Crippen molar-refractivity contribution < 1.29 is 18.4 Å². The summed E-state index contributed by atoms with van der Waals surface area (Å²) in [5.41, 5.74) is 7.01. The summed E-state index contributed by atoms with van der Waals surface area (Å²) in [6.45, 7) is -0.0120. The summed E-state index contributed by atoms with van der Waals surface area (Å²) < 4.78 is 29.5. The molecular weight excluding hydrogens is 386 g/mol. The molecule has 1 atom stereocenters. The number of carbonyl (C=O) groups is 2. The van der Waals surface area contributed by atoms with Crippen molar-refractivity contribution in [2.75, 3.05) is 0 Å². The highest BCUT2D eigenvalue weighted by Gasteiger charge is 2.47. The third kappa shape index (κ3) is 3.56. The molecule has 0 saturated carbocycles. The average molecular weight is 406 g/mol. The molecule has 1 unspecified atom stereocenters. The second-order valence-electron chi connectivity index (χ2n) is 7.33. The van der Waals surface area contributed by atoms with Crippen LogP contribution in [0.3, 0.4) is 0 Å². The summed E-state index contributed by atoms with van der Waals surface area (Å²) in [6.07, 6.45) is -0.510. The normalized spacial score (nSPS) is 16.7. The number of rotatable bonds is 5. The van der Waals surface area contributed by atoms with Gasteiger partial charge in [-0.15, -0.1) is 0 Å². The number of carbonyl (C=O) groups excluding carboxylic acids is 2. The number of benzene rings is 3. The van der Waals surface area contributed by atoms with Crippen LogP contribution in [0.25, 0.3) is 0 Å². The maximum Gasteiger partial charge on any atom is 0.275 e. The first kappa shape index (κ1) is 19.8. The van der Waals surface area contributed by atoms with Crippen molar-refractivity contribution in [1.29, 1.82) is 0 Å². The summed E-state index contributed by atoms with van der Waals surface area (Å²) in [5.74, 6) is -4.05. The maximum absolute atomic E-state index is 14.7. The number of hydrogen-bond donors (Lipinski definition) is 1. The lowest BCUT2D eigenvalue weighted by atomic mass is 10.0. The molecule has 0 aromatic heterocycles. The van der Waals surface area contributed by atoms with Gasteiger partial charge < -0.3 is 10.6 Å². The van der Waals surface area contributed by atoms with Gasteiger partial charge in [0.25, 0.3) is 11.8 Å². The number of halogens is 2. The molecule has 1 aliphatic carbocycles. The Balaban J connectivity index is 1.80. The Kier molecular flexibility index (Phi) is 5.08.